The number of carbonyl (C=O) groups is 1. The van der Waals surface area contributed by atoms with E-state index in [4.69, 9.17) is 0 Å². The highest BCUT2D eigenvalue weighted by molar-refractivity contribution is 5.74. The van der Waals surface area contributed by atoms with Crippen LogP contribution in [0, 0.1) is 0 Å². The zero-order chi connectivity index (χ0) is 13.9. The van der Waals surface area contributed by atoms with Crippen molar-refractivity contribution in [1.29, 1.82) is 0 Å². The molecule has 2 N–H and O–H groups in total. The highest BCUT2D eigenvalue weighted by Crippen LogP contribution is 2.19. The second-order valence-electron chi connectivity index (χ2n) is 5.35. The number of aliphatic carboxylic acids is 1. The molecule has 0 amide bonds. The smallest absolute Gasteiger partial charge is 0.136 e. The number of likely N-dealkylation sites (N-methyl/N-ethyl adjacent to an activating group) is 1. The lowest BCUT2D eigenvalue weighted by Crippen LogP contribution is -2.97. The van der Waals surface area contributed by atoms with Crippen molar-refractivity contribution in [3.05, 3.63) is 0 Å². The van der Waals surface area contributed by atoms with E-state index < -0.39 is 11.5 Å². The molecule has 0 aromatic carbocycles. The molecule has 108 valence electrons. The number of nitrogens with two attached hydrogens (primary N) is 1. The molecule has 0 radical (unpaired) electrons. The van der Waals surface area contributed by atoms with Crippen molar-refractivity contribution in [3.63, 3.8) is 0 Å². The molecule has 3 heteroatoms. The van der Waals surface area contributed by atoms with E-state index in [9.17, 15) is 9.90 Å². The standard InChI is InChI=1S/C15H31NO2/c1-4-6-8-10-12-15(16-3,14(17)18)13-11-9-7-5-2/h16H,4-13H2,1-3H3,(H,17,18). The molecule has 0 saturated carbocycles. The molecule has 0 spiro atoms. The van der Waals surface area contributed by atoms with Crippen molar-refractivity contribution in [3.8, 4) is 0 Å². The van der Waals surface area contributed by atoms with E-state index in [1.807, 2.05) is 12.4 Å². The Morgan fingerprint density at radius 2 is 1.39 bits per heavy atom. The summed E-state index contributed by atoms with van der Waals surface area (Å²) in [6.45, 7) is 4.34. The van der Waals surface area contributed by atoms with Crippen LogP contribution in [0.2, 0.25) is 0 Å². The van der Waals surface area contributed by atoms with E-state index in [0.29, 0.717) is 0 Å². The molecule has 3 nitrogen and oxygen atoms in total. The summed E-state index contributed by atoms with van der Waals surface area (Å²) in [5.41, 5.74) is -0.679. The number of carbonyl (C=O) groups excluding carboxylic acids is 1. The normalized spacial score (nSPS) is 11.7. The molecule has 0 aliphatic rings. The number of rotatable bonds is 12. The number of carboxylic acids is 1. The molecule has 0 aromatic heterocycles. The van der Waals surface area contributed by atoms with Crippen LogP contribution in [-0.4, -0.2) is 18.6 Å². The van der Waals surface area contributed by atoms with Gasteiger partial charge in [-0.15, -0.1) is 0 Å². The SMILES string of the molecule is CCCCCCC(CCCCCC)([NH2+]C)C(=O)[O-]. The first-order chi connectivity index (χ1) is 8.63. The van der Waals surface area contributed by atoms with Crippen molar-refractivity contribution < 1.29 is 15.2 Å². The molecule has 0 aliphatic carbocycles. The Labute approximate surface area is 112 Å². The largest absolute Gasteiger partial charge is 0.544 e. The number of hydrogen-bond donors (Lipinski definition) is 1. The average molecular weight is 257 g/mol. The van der Waals surface area contributed by atoms with Crippen LogP contribution in [0.1, 0.15) is 78.1 Å². The molecular weight excluding hydrogens is 226 g/mol. The first-order valence-electron chi connectivity index (χ1n) is 7.65. The number of unbranched alkanes of at least 4 members (excludes halogenated alkanes) is 6. The molecule has 0 saturated heterocycles. The van der Waals surface area contributed by atoms with Gasteiger partial charge in [0.1, 0.15) is 11.5 Å². The van der Waals surface area contributed by atoms with Gasteiger partial charge in [-0.25, -0.2) is 0 Å². The summed E-state index contributed by atoms with van der Waals surface area (Å²) in [4.78, 5) is 11.4. The summed E-state index contributed by atoms with van der Waals surface area (Å²) in [5, 5.41) is 13.3. The first kappa shape index (κ1) is 17.4. The summed E-state index contributed by atoms with van der Waals surface area (Å²) >= 11 is 0. The molecule has 0 rings (SSSR count). The lowest BCUT2D eigenvalue weighted by Gasteiger charge is -2.31. The second kappa shape index (κ2) is 10.4. The highest BCUT2D eigenvalue weighted by atomic mass is 16.4. The second-order valence-corrected chi connectivity index (χ2v) is 5.35. The van der Waals surface area contributed by atoms with Crippen molar-refractivity contribution in [2.24, 2.45) is 0 Å². The third kappa shape index (κ3) is 6.39. The van der Waals surface area contributed by atoms with E-state index in [0.717, 1.165) is 38.5 Å². The lowest BCUT2D eigenvalue weighted by molar-refractivity contribution is -0.698. The Bertz CT molecular complexity index is 205. The summed E-state index contributed by atoms with van der Waals surface area (Å²) in [6.07, 6.45) is 10.5. The maximum atomic E-state index is 11.4. The van der Waals surface area contributed by atoms with Gasteiger partial charge in [0.15, 0.2) is 0 Å². The molecule has 0 bridgehead atoms. The Balaban J connectivity index is 4.19. The van der Waals surface area contributed by atoms with E-state index in [2.05, 4.69) is 13.8 Å². The van der Waals surface area contributed by atoms with Crippen LogP contribution in [0.4, 0.5) is 0 Å². The average Bonchev–Trinajstić information content (AvgIpc) is 2.37. The fraction of sp³-hybridized carbons (Fsp3) is 0.933. The van der Waals surface area contributed by atoms with Gasteiger partial charge in [-0.3, -0.25) is 0 Å². The molecular formula is C15H31NO2. The molecule has 18 heavy (non-hydrogen) atoms. The quantitative estimate of drug-likeness (QED) is 0.540. The Kier molecular flexibility index (Phi) is 10.0. The van der Waals surface area contributed by atoms with E-state index in [1.165, 1.54) is 25.7 Å². The van der Waals surface area contributed by atoms with Crippen LogP contribution in [0.5, 0.6) is 0 Å². The van der Waals surface area contributed by atoms with Crippen molar-refractivity contribution >= 4 is 5.97 Å². The minimum absolute atomic E-state index is 0.679. The number of hydrogen-bond acceptors (Lipinski definition) is 2. The molecule has 0 atom stereocenters. The third-order valence-electron chi connectivity index (χ3n) is 3.91. The van der Waals surface area contributed by atoms with Crippen LogP contribution in [0.15, 0.2) is 0 Å². The van der Waals surface area contributed by atoms with Crippen molar-refractivity contribution in [1.82, 2.24) is 0 Å². The van der Waals surface area contributed by atoms with Gasteiger partial charge in [0.2, 0.25) is 0 Å². The van der Waals surface area contributed by atoms with Gasteiger partial charge in [0, 0.05) is 12.8 Å². The van der Waals surface area contributed by atoms with Gasteiger partial charge in [-0.1, -0.05) is 52.4 Å². The van der Waals surface area contributed by atoms with E-state index in [1.54, 1.807) is 0 Å². The summed E-state index contributed by atoms with van der Waals surface area (Å²) in [7, 11) is 1.87. The zero-order valence-corrected chi connectivity index (χ0v) is 12.5. The molecule has 0 aromatic rings. The van der Waals surface area contributed by atoms with Crippen LogP contribution in [0.25, 0.3) is 0 Å². The van der Waals surface area contributed by atoms with E-state index >= 15 is 0 Å². The van der Waals surface area contributed by atoms with Gasteiger partial charge in [0.05, 0.1) is 7.05 Å². The third-order valence-corrected chi connectivity index (χ3v) is 3.91. The Hall–Kier alpha value is -0.570. The first-order valence-corrected chi connectivity index (χ1v) is 7.65. The predicted octanol–water partition coefficient (Wildman–Crippen LogP) is 1.61. The Morgan fingerprint density at radius 3 is 1.67 bits per heavy atom. The topological polar surface area (TPSA) is 56.7 Å². The maximum absolute atomic E-state index is 11.4. The Morgan fingerprint density at radius 1 is 0.944 bits per heavy atom. The summed E-state index contributed by atoms with van der Waals surface area (Å²) in [5.74, 6) is -0.877. The maximum Gasteiger partial charge on any atom is 0.136 e. The fourth-order valence-corrected chi connectivity index (χ4v) is 2.47. The predicted molar refractivity (Wildman–Crippen MR) is 73.1 cm³/mol. The zero-order valence-electron chi connectivity index (χ0n) is 12.5. The number of quaternary nitrogens is 1. The van der Waals surface area contributed by atoms with Gasteiger partial charge in [0.25, 0.3) is 0 Å². The molecule has 0 aliphatic heterocycles. The minimum Gasteiger partial charge on any atom is -0.544 e. The van der Waals surface area contributed by atoms with Crippen molar-refractivity contribution in [2.45, 2.75) is 83.6 Å². The van der Waals surface area contributed by atoms with E-state index in [-0.39, 0.29) is 0 Å². The molecule has 0 unspecified atom stereocenters. The molecule has 0 fully saturated rings. The van der Waals surface area contributed by atoms with Crippen molar-refractivity contribution in [2.75, 3.05) is 7.05 Å². The minimum atomic E-state index is -0.877. The van der Waals surface area contributed by atoms with Gasteiger partial charge in [-0.2, -0.15) is 0 Å². The van der Waals surface area contributed by atoms with Crippen LogP contribution >= 0.6 is 0 Å². The molecule has 0 heterocycles. The summed E-state index contributed by atoms with van der Waals surface area (Å²) < 4.78 is 0. The highest BCUT2D eigenvalue weighted by Gasteiger charge is 2.32. The van der Waals surface area contributed by atoms with Crippen LogP contribution in [0.3, 0.4) is 0 Å². The van der Waals surface area contributed by atoms with Gasteiger partial charge < -0.3 is 15.2 Å². The van der Waals surface area contributed by atoms with Gasteiger partial charge >= 0.3 is 0 Å². The number of carboxylic acid groups (broad SMARTS) is 1. The fourth-order valence-electron chi connectivity index (χ4n) is 2.47. The van der Waals surface area contributed by atoms with Crippen LogP contribution < -0.4 is 10.4 Å². The monoisotopic (exact) mass is 257 g/mol. The lowest BCUT2D eigenvalue weighted by atomic mass is 9.86. The van der Waals surface area contributed by atoms with Gasteiger partial charge in [-0.05, 0) is 12.8 Å². The van der Waals surface area contributed by atoms with Crippen LogP contribution in [-0.2, 0) is 4.79 Å². The summed E-state index contributed by atoms with van der Waals surface area (Å²) in [6, 6.07) is 0.